The van der Waals surface area contributed by atoms with Gasteiger partial charge in [-0.15, -0.1) is 0 Å². The van der Waals surface area contributed by atoms with E-state index in [-0.39, 0.29) is 23.8 Å². The first-order chi connectivity index (χ1) is 13.5. The normalized spacial score (nSPS) is 14.9. The molecule has 0 radical (unpaired) electrons. The van der Waals surface area contributed by atoms with E-state index >= 15 is 0 Å². The van der Waals surface area contributed by atoms with E-state index < -0.39 is 0 Å². The molecule has 28 heavy (non-hydrogen) atoms. The third-order valence-electron chi connectivity index (χ3n) is 5.23. The molecule has 1 aliphatic rings. The molecule has 0 aromatic heterocycles. The van der Waals surface area contributed by atoms with Crippen molar-refractivity contribution in [3.8, 4) is 0 Å². The molecule has 1 heterocycles. The SMILES string of the molecule is CC(CO)(CNC(=O)CCCc1ccc2c(c1)CC(=O)N2)Cc1ccccc1. The number of hydrogen-bond donors (Lipinski definition) is 3. The molecule has 1 unspecified atom stereocenters. The molecule has 0 fully saturated rings. The van der Waals surface area contributed by atoms with Crippen molar-refractivity contribution in [3.63, 3.8) is 0 Å². The number of aliphatic hydroxyl groups is 1. The minimum Gasteiger partial charge on any atom is -0.396 e. The Bertz CT molecular complexity index is 835. The van der Waals surface area contributed by atoms with Crippen LogP contribution in [0.25, 0.3) is 0 Å². The van der Waals surface area contributed by atoms with E-state index in [1.807, 2.05) is 55.5 Å². The van der Waals surface area contributed by atoms with Gasteiger partial charge in [0, 0.05) is 24.1 Å². The highest BCUT2D eigenvalue weighted by atomic mass is 16.3. The molecule has 5 heteroatoms. The summed E-state index contributed by atoms with van der Waals surface area (Å²) in [7, 11) is 0. The van der Waals surface area contributed by atoms with Crippen molar-refractivity contribution in [2.45, 2.75) is 39.0 Å². The van der Waals surface area contributed by atoms with Gasteiger partial charge in [0.15, 0.2) is 0 Å². The number of amides is 2. The van der Waals surface area contributed by atoms with Gasteiger partial charge in [-0.25, -0.2) is 0 Å². The van der Waals surface area contributed by atoms with Gasteiger partial charge >= 0.3 is 0 Å². The van der Waals surface area contributed by atoms with Crippen molar-refractivity contribution in [1.82, 2.24) is 5.32 Å². The summed E-state index contributed by atoms with van der Waals surface area (Å²) in [5.41, 5.74) is 3.85. The Kier molecular flexibility index (Phi) is 6.47. The molecule has 2 amide bonds. The second-order valence-corrected chi connectivity index (χ2v) is 7.98. The molecule has 0 saturated heterocycles. The van der Waals surface area contributed by atoms with Crippen LogP contribution in [0.15, 0.2) is 48.5 Å². The highest BCUT2D eigenvalue weighted by Crippen LogP contribution is 2.24. The minimum absolute atomic E-state index is 0.00532. The number of anilines is 1. The molecule has 5 nitrogen and oxygen atoms in total. The van der Waals surface area contributed by atoms with Crippen molar-refractivity contribution < 1.29 is 14.7 Å². The van der Waals surface area contributed by atoms with E-state index in [1.165, 1.54) is 0 Å². The zero-order chi connectivity index (χ0) is 20.0. The zero-order valence-electron chi connectivity index (χ0n) is 16.3. The van der Waals surface area contributed by atoms with E-state index in [1.54, 1.807) is 0 Å². The fourth-order valence-corrected chi connectivity index (χ4v) is 3.55. The predicted octanol–water partition coefficient (Wildman–Crippen LogP) is 2.86. The standard InChI is InChI=1S/C23H28N2O3/c1-23(16-26,14-18-6-3-2-4-7-18)15-24-21(27)9-5-8-17-10-11-20-19(12-17)13-22(28)25-20/h2-4,6-7,10-12,26H,5,8-9,13-16H2,1H3,(H,24,27)(H,25,28). The van der Waals surface area contributed by atoms with Crippen LogP contribution < -0.4 is 10.6 Å². The van der Waals surface area contributed by atoms with Crippen LogP contribution in [0.2, 0.25) is 0 Å². The van der Waals surface area contributed by atoms with E-state index in [9.17, 15) is 14.7 Å². The van der Waals surface area contributed by atoms with Crippen LogP contribution in [0, 0.1) is 5.41 Å². The number of carbonyl (C=O) groups is 2. The summed E-state index contributed by atoms with van der Waals surface area (Å²) in [4.78, 5) is 23.7. The highest BCUT2D eigenvalue weighted by molar-refractivity contribution is 5.99. The number of aliphatic hydroxyl groups excluding tert-OH is 1. The average Bonchev–Trinajstić information content (AvgIpc) is 3.06. The first-order valence-electron chi connectivity index (χ1n) is 9.81. The van der Waals surface area contributed by atoms with Crippen molar-refractivity contribution >= 4 is 17.5 Å². The summed E-state index contributed by atoms with van der Waals surface area (Å²) >= 11 is 0. The van der Waals surface area contributed by atoms with Gasteiger partial charge in [-0.1, -0.05) is 49.4 Å². The maximum absolute atomic E-state index is 12.2. The van der Waals surface area contributed by atoms with Gasteiger partial charge in [0.05, 0.1) is 13.0 Å². The molecule has 0 aliphatic carbocycles. The van der Waals surface area contributed by atoms with Crippen LogP contribution in [0.1, 0.15) is 36.5 Å². The predicted molar refractivity (Wildman–Crippen MR) is 110 cm³/mol. The van der Waals surface area contributed by atoms with Crippen LogP contribution >= 0.6 is 0 Å². The fourth-order valence-electron chi connectivity index (χ4n) is 3.55. The summed E-state index contributed by atoms with van der Waals surface area (Å²) < 4.78 is 0. The Labute approximate surface area is 166 Å². The van der Waals surface area contributed by atoms with Gasteiger partial charge < -0.3 is 15.7 Å². The van der Waals surface area contributed by atoms with Crippen molar-refractivity contribution in [2.24, 2.45) is 5.41 Å². The number of fused-ring (bicyclic) bond motifs is 1. The molecule has 0 saturated carbocycles. The van der Waals surface area contributed by atoms with Crippen molar-refractivity contribution in [3.05, 3.63) is 65.2 Å². The smallest absolute Gasteiger partial charge is 0.228 e. The Morgan fingerprint density at radius 1 is 1.18 bits per heavy atom. The van der Waals surface area contributed by atoms with Gasteiger partial charge in [-0.2, -0.15) is 0 Å². The van der Waals surface area contributed by atoms with Crippen LogP contribution in [0.5, 0.6) is 0 Å². The van der Waals surface area contributed by atoms with Crippen LogP contribution in [-0.4, -0.2) is 30.1 Å². The van der Waals surface area contributed by atoms with Gasteiger partial charge in [0.2, 0.25) is 11.8 Å². The first kappa shape index (κ1) is 20.1. The largest absolute Gasteiger partial charge is 0.396 e. The highest BCUT2D eigenvalue weighted by Gasteiger charge is 2.24. The minimum atomic E-state index is -0.378. The third kappa shape index (κ3) is 5.42. The van der Waals surface area contributed by atoms with Crippen molar-refractivity contribution in [1.29, 1.82) is 0 Å². The summed E-state index contributed by atoms with van der Waals surface area (Å²) in [5.74, 6) is 0.0414. The van der Waals surface area contributed by atoms with Gasteiger partial charge in [0.1, 0.15) is 0 Å². The molecule has 3 N–H and O–H groups in total. The number of nitrogens with one attached hydrogen (secondary N) is 2. The van der Waals surface area contributed by atoms with Gasteiger partial charge in [-0.3, -0.25) is 9.59 Å². The van der Waals surface area contributed by atoms with E-state index in [0.29, 0.717) is 25.8 Å². The quantitative estimate of drug-likeness (QED) is 0.626. The second kappa shape index (κ2) is 9.02. The molecular formula is C23H28N2O3. The monoisotopic (exact) mass is 380 g/mol. The summed E-state index contributed by atoms with van der Waals surface area (Å²) in [5, 5.41) is 15.6. The molecule has 2 aromatic carbocycles. The number of hydrogen-bond acceptors (Lipinski definition) is 3. The molecule has 3 rings (SSSR count). The fraction of sp³-hybridized carbons (Fsp3) is 0.391. The Morgan fingerprint density at radius 2 is 1.96 bits per heavy atom. The summed E-state index contributed by atoms with van der Waals surface area (Å²) in [6.07, 6.45) is 3.15. The lowest BCUT2D eigenvalue weighted by atomic mass is 9.84. The number of benzene rings is 2. The molecule has 0 bridgehead atoms. The van der Waals surface area contributed by atoms with E-state index in [4.69, 9.17) is 0 Å². The number of rotatable bonds is 9. The maximum Gasteiger partial charge on any atom is 0.228 e. The lowest BCUT2D eigenvalue weighted by Crippen LogP contribution is -2.39. The lowest BCUT2D eigenvalue weighted by molar-refractivity contribution is -0.121. The lowest BCUT2D eigenvalue weighted by Gasteiger charge is -2.27. The Hall–Kier alpha value is -2.66. The van der Waals surface area contributed by atoms with E-state index in [0.717, 1.165) is 35.2 Å². The summed E-state index contributed by atoms with van der Waals surface area (Å²) in [6, 6.07) is 16.0. The molecule has 0 spiro atoms. The Balaban J connectivity index is 1.43. The topological polar surface area (TPSA) is 78.4 Å². The molecule has 1 atom stereocenters. The summed E-state index contributed by atoms with van der Waals surface area (Å²) in [6.45, 7) is 2.45. The van der Waals surface area contributed by atoms with Crippen LogP contribution in [0.3, 0.4) is 0 Å². The average molecular weight is 380 g/mol. The first-order valence-corrected chi connectivity index (χ1v) is 9.81. The molecular weight excluding hydrogens is 352 g/mol. The maximum atomic E-state index is 12.2. The number of carbonyl (C=O) groups excluding carboxylic acids is 2. The van der Waals surface area contributed by atoms with Gasteiger partial charge in [0.25, 0.3) is 0 Å². The molecule has 2 aromatic rings. The third-order valence-corrected chi connectivity index (χ3v) is 5.23. The molecule has 148 valence electrons. The van der Waals surface area contributed by atoms with Crippen LogP contribution in [0.4, 0.5) is 5.69 Å². The molecule has 1 aliphatic heterocycles. The zero-order valence-corrected chi connectivity index (χ0v) is 16.3. The van der Waals surface area contributed by atoms with Gasteiger partial charge in [-0.05, 0) is 42.0 Å². The Morgan fingerprint density at radius 3 is 2.71 bits per heavy atom. The number of aryl methyl sites for hydroxylation is 1. The van der Waals surface area contributed by atoms with E-state index in [2.05, 4.69) is 10.6 Å². The van der Waals surface area contributed by atoms with Crippen LogP contribution in [-0.2, 0) is 28.9 Å². The second-order valence-electron chi connectivity index (χ2n) is 7.98. The van der Waals surface area contributed by atoms with Crippen molar-refractivity contribution in [2.75, 3.05) is 18.5 Å².